The third kappa shape index (κ3) is 3.77. The van der Waals surface area contributed by atoms with Gasteiger partial charge in [0.25, 0.3) is 0 Å². The Balaban J connectivity index is 2.64. The zero-order valence-electron chi connectivity index (χ0n) is 10.0. The number of carbonyl (C=O) groups excluding carboxylic acids is 2. The molecule has 0 aromatic carbocycles. The van der Waals surface area contributed by atoms with Gasteiger partial charge in [-0.2, -0.15) is 0 Å². The van der Waals surface area contributed by atoms with Gasteiger partial charge in [0, 0.05) is 19.0 Å². The lowest BCUT2D eigenvalue weighted by Gasteiger charge is -2.38. The zero-order valence-corrected chi connectivity index (χ0v) is 10.0. The van der Waals surface area contributed by atoms with Crippen LogP contribution >= 0.6 is 0 Å². The van der Waals surface area contributed by atoms with Crippen LogP contribution in [0.3, 0.4) is 0 Å². The molecule has 0 bridgehead atoms. The van der Waals surface area contributed by atoms with Gasteiger partial charge in [0.15, 0.2) is 0 Å². The molecule has 0 saturated carbocycles. The van der Waals surface area contributed by atoms with Crippen LogP contribution in [0.1, 0.15) is 13.3 Å². The van der Waals surface area contributed by atoms with Crippen molar-refractivity contribution in [1.82, 2.24) is 10.2 Å². The highest BCUT2D eigenvalue weighted by atomic mass is 16.5. The molecular weight excluding hydrogens is 226 g/mol. The molecular formula is C10H19N3O4. The molecule has 1 fully saturated rings. The molecule has 3 unspecified atom stereocenters. The van der Waals surface area contributed by atoms with E-state index in [1.165, 1.54) is 12.0 Å². The fraction of sp³-hybridized carbons (Fsp3) is 0.800. The number of methoxy groups -OCH3 is 1. The highest BCUT2D eigenvalue weighted by molar-refractivity contribution is 5.72. The van der Waals surface area contributed by atoms with E-state index in [1.54, 1.807) is 6.92 Å². The summed E-state index contributed by atoms with van der Waals surface area (Å²) < 4.78 is 4.50. The second kappa shape index (κ2) is 5.72. The lowest BCUT2D eigenvalue weighted by molar-refractivity contribution is 0.0610. The predicted molar refractivity (Wildman–Crippen MR) is 60.3 cm³/mol. The van der Waals surface area contributed by atoms with Gasteiger partial charge in [0.2, 0.25) is 0 Å². The number of alkyl carbamates (subject to hydrolysis) is 1. The van der Waals surface area contributed by atoms with Gasteiger partial charge in [-0.1, -0.05) is 0 Å². The topological polar surface area (TPSA) is 105 Å². The van der Waals surface area contributed by atoms with Crippen molar-refractivity contribution in [3.8, 4) is 0 Å². The van der Waals surface area contributed by atoms with Crippen LogP contribution in [0.5, 0.6) is 0 Å². The number of ether oxygens (including phenoxy) is 1. The summed E-state index contributed by atoms with van der Waals surface area (Å²) in [6.07, 6.45) is -0.513. The number of nitrogens with zero attached hydrogens (tertiary/aromatic N) is 1. The standard InChI is InChI=1S/C10H19N3O4/c1-6(14)7-3-8(12-10(16)17-2)5-13(4-7)9(11)15/h6-8,14H,3-5H2,1-2H3,(H2,11,15)(H,12,16). The SMILES string of the molecule is COC(=O)NC1CC(C(C)O)CN(C(N)=O)C1. The molecule has 1 aliphatic rings. The van der Waals surface area contributed by atoms with Crippen LogP contribution in [0.15, 0.2) is 0 Å². The number of carbonyl (C=O) groups is 2. The van der Waals surface area contributed by atoms with Gasteiger partial charge in [0.05, 0.1) is 19.3 Å². The van der Waals surface area contributed by atoms with E-state index in [-0.39, 0.29) is 12.0 Å². The lowest BCUT2D eigenvalue weighted by atomic mass is 9.90. The Bertz CT molecular complexity index is 295. The van der Waals surface area contributed by atoms with Crippen molar-refractivity contribution in [2.45, 2.75) is 25.5 Å². The number of amides is 3. The summed E-state index contributed by atoms with van der Waals surface area (Å²) in [5.74, 6) is -0.0987. The fourth-order valence-corrected chi connectivity index (χ4v) is 2.00. The number of nitrogens with two attached hydrogens (primary N) is 1. The summed E-state index contributed by atoms with van der Waals surface area (Å²) in [5, 5.41) is 12.2. The van der Waals surface area contributed by atoms with Crippen molar-refractivity contribution < 1.29 is 19.4 Å². The van der Waals surface area contributed by atoms with E-state index in [0.29, 0.717) is 19.5 Å². The van der Waals surface area contributed by atoms with E-state index in [1.807, 2.05) is 0 Å². The summed E-state index contributed by atoms with van der Waals surface area (Å²) in [6.45, 7) is 2.41. The molecule has 0 aliphatic carbocycles. The van der Waals surface area contributed by atoms with Crippen molar-refractivity contribution in [2.75, 3.05) is 20.2 Å². The Morgan fingerprint density at radius 2 is 2.18 bits per heavy atom. The fourth-order valence-electron chi connectivity index (χ4n) is 2.00. The normalized spacial score (nSPS) is 26.2. The molecule has 98 valence electrons. The van der Waals surface area contributed by atoms with E-state index in [0.717, 1.165) is 0 Å². The molecule has 1 heterocycles. The Morgan fingerprint density at radius 1 is 1.53 bits per heavy atom. The number of hydrogen-bond donors (Lipinski definition) is 3. The molecule has 3 amide bonds. The van der Waals surface area contributed by atoms with E-state index < -0.39 is 18.2 Å². The Morgan fingerprint density at radius 3 is 2.65 bits per heavy atom. The summed E-state index contributed by atoms with van der Waals surface area (Å²) in [4.78, 5) is 23.7. The van der Waals surface area contributed by atoms with Gasteiger partial charge >= 0.3 is 12.1 Å². The van der Waals surface area contributed by atoms with Crippen LogP contribution in [-0.4, -0.2) is 54.5 Å². The monoisotopic (exact) mass is 245 g/mol. The van der Waals surface area contributed by atoms with E-state index in [9.17, 15) is 14.7 Å². The lowest BCUT2D eigenvalue weighted by Crippen LogP contribution is -2.55. The number of aliphatic hydroxyl groups is 1. The maximum Gasteiger partial charge on any atom is 0.407 e. The summed E-state index contributed by atoms with van der Waals surface area (Å²) in [5.41, 5.74) is 5.22. The van der Waals surface area contributed by atoms with Crippen molar-refractivity contribution in [3.05, 3.63) is 0 Å². The van der Waals surface area contributed by atoms with Crippen LogP contribution in [0, 0.1) is 5.92 Å². The molecule has 7 heteroatoms. The molecule has 0 aromatic heterocycles. The van der Waals surface area contributed by atoms with Gasteiger partial charge in [-0.15, -0.1) is 0 Å². The average Bonchev–Trinajstić information content (AvgIpc) is 2.28. The highest BCUT2D eigenvalue weighted by Crippen LogP contribution is 2.20. The van der Waals surface area contributed by atoms with Gasteiger partial charge < -0.3 is 25.8 Å². The summed E-state index contributed by atoms with van der Waals surface area (Å²) in [6, 6.07) is -0.796. The molecule has 1 saturated heterocycles. The van der Waals surface area contributed by atoms with Crippen molar-refractivity contribution >= 4 is 12.1 Å². The van der Waals surface area contributed by atoms with Crippen LogP contribution in [0.25, 0.3) is 0 Å². The quantitative estimate of drug-likeness (QED) is 0.609. The second-order valence-electron chi connectivity index (χ2n) is 4.31. The maximum absolute atomic E-state index is 11.1. The number of piperidine rings is 1. The minimum atomic E-state index is -0.556. The molecule has 1 aliphatic heterocycles. The number of likely N-dealkylation sites (tertiary alicyclic amines) is 1. The third-order valence-electron chi connectivity index (χ3n) is 2.98. The van der Waals surface area contributed by atoms with Gasteiger partial charge in [-0.05, 0) is 13.3 Å². The van der Waals surface area contributed by atoms with Crippen LogP contribution in [0.4, 0.5) is 9.59 Å². The van der Waals surface area contributed by atoms with Crippen molar-refractivity contribution in [2.24, 2.45) is 11.7 Å². The third-order valence-corrected chi connectivity index (χ3v) is 2.98. The Labute approximate surface area is 99.9 Å². The number of rotatable bonds is 2. The van der Waals surface area contributed by atoms with Gasteiger partial charge in [-0.25, -0.2) is 9.59 Å². The minimum Gasteiger partial charge on any atom is -0.453 e. The first kappa shape index (κ1) is 13.6. The molecule has 4 N–H and O–H groups in total. The van der Waals surface area contributed by atoms with E-state index in [2.05, 4.69) is 10.1 Å². The first-order valence-corrected chi connectivity index (χ1v) is 5.51. The first-order valence-electron chi connectivity index (χ1n) is 5.51. The van der Waals surface area contributed by atoms with Gasteiger partial charge in [0.1, 0.15) is 0 Å². The number of aliphatic hydroxyl groups excluding tert-OH is 1. The molecule has 3 atom stereocenters. The predicted octanol–water partition coefficient (Wildman–Crippen LogP) is -0.508. The molecule has 0 aromatic rings. The molecule has 1 rings (SSSR count). The largest absolute Gasteiger partial charge is 0.453 e. The highest BCUT2D eigenvalue weighted by Gasteiger charge is 2.32. The van der Waals surface area contributed by atoms with E-state index >= 15 is 0 Å². The van der Waals surface area contributed by atoms with Crippen molar-refractivity contribution in [3.63, 3.8) is 0 Å². The molecule has 0 spiro atoms. The molecule has 17 heavy (non-hydrogen) atoms. The Kier molecular flexibility index (Phi) is 4.56. The minimum absolute atomic E-state index is 0.0987. The first-order chi connectivity index (χ1) is 7.93. The van der Waals surface area contributed by atoms with Crippen LogP contribution < -0.4 is 11.1 Å². The van der Waals surface area contributed by atoms with Crippen molar-refractivity contribution in [1.29, 1.82) is 0 Å². The molecule has 7 nitrogen and oxygen atoms in total. The summed E-state index contributed by atoms with van der Waals surface area (Å²) >= 11 is 0. The van der Waals surface area contributed by atoms with E-state index in [4.69, 9.17) is 5.73 Å². The van der Waals surface area contributed by atoms with Crippen LogP contribution in [0.2, 0.25) is 0 Å². The summed E-state index contributed by atoms with van der Waals surface area (Å²) in [7, 11) is 1.27. The second-order valence-corrected chi connectivity index (χ2v) is 4.31. The smallest absolute Gasteiger partial charge is 0.407 e. The number of primary amides is 1. The number of urea groups is 1. The Hall–Kier alpha value is -1.50. The van der Waals surface area contributed by atoms with Crippen LogP contribution in [-0.2, 0) is 4.74 Å². The van der Waals surface area contributed by atoms with Gasteiger partial charge in [-0.3, -0.25) is 0 Å². The maximum atomic E-state index is 11.1. The number of hydrogen-bond acceptors (Lipinski definition) is 4. The zero-order chi connectivity index (χ0) is 13.0. The molecule has 0 radical (unpaired) electrons. The average molecular weight is 245 g/mol. The number of nitrogens with one attached hydrogen (secondary N) is 1.